The first-order chi connectivity index (χ1) is 7.15. The van der Waals surface area contributed by atoms with E-state index in [2.05, 4.69) is 0 Å². The zero-order valence-electron chi connectivity index (χ0n) is 8.25. The third-order valence-electron chi connectivity index (χ3n) is 2.60. The van der Waals surface area contributed by atoms with E-state index in [-0.39, 0.29) is 0 Å². The van der Waals surface area contributed by atoms with Gasteiger partial charge in [0.15, 0.2) is 0 Å². The molecule has 1 aliphatic rings. The molecule has 2 rings (SSSR count). The molecule has 1 aromatic rings. The van der Waals surface area contributed by atoms with Crippen molar-refractivity contribution >= 4 is 23.2 Å². The van der Waals surface area contributed by atoms with Gasteiger partial charge in [-0.25, -0.2) is 0 Å². The van der Waals surface area contributed by atoms with Crippen molar-refractivity contribution < 1.29 is 4.74 Å². The van der Waals surface area contributed by atoms with Crippen molar-refractivity contribution in [3.8, 4) is 0 Å². The molecule has 0 unspecified atom stereocenters. The van der Waals surface area contributed by atoms with Gasteiger partial charge in [-0.3, -0.25) is 0 Å². The van der Waals surface area contributed by atoms with Gasteiger partial charge in [0.2, 0.25) is 0 Å². The van der Waals surface area contributed by atoms with Crippen molar-refractivity contribution in [1.82, 2.24) is 0 Å². The topological polar surface area (TPSA) is 35.2 Å². The maximum atomic E-state index is 5.89. The Morgan fingerprint density at radius 3 is 2.60 bits per heavy atom. The lowest BCUT2D eigenvalue weighted by atomic mass is 9.90. The zero-order chi connectivity index (χ0) is 10.8. The number of hydrogen-bond acceptors (Lipinski definition) is 2. The highest BCUT2D eigenvalue weighted by Gasteiger charge is 2.26. The lowest BCUT2D eigenvalue weighted by Crippen LogP contribution is -2.41. The number of halogens is 2. The standard InChI is InChI=1S/C11H13Cl2NO/c12-10-2-1-7(3-11(10)13)6-15-9-4-8(14)5-9/h1-3,8-9H,4-6,14H2. The molecule has 1 aliphatic carbocycles. The molecule has 4 heteroatoms. The van der Waals surface area contributed by atoms with Crippen LogP contribution in [-0.2, 0) is 11.3 Å². The normalized spacial score (nSPS) is 25.0. The highest BCUT2D eigenvalue weighted by Crippen LogP contribution is 2.25. The molecule has 1 aromatic carbocycles. The van der Waals surface area contributed by atoms with Gasteiger partial charge in [0.25, 0.3) is 0 Å². The minimum absolute atomic E-state index is 0.314. The summed E-state index contributed by atoms with van der Waals surface area (Å²) >= 11 is 11.7. The molecular weight excluding hydrogens is 233 g/mol. The molecule has 0 radical (unpaired) electrons. The van der Waals surface area contributed by atoms with E-state index in [4.69, 9.17) is 33.7 Å². The fourth-order valence-electron chi connectivity index (χ4n) is 1.59. The monoisotopic (exact) mass is 245 g/mol. The van der Waals surface area contributed by atoms with Crippen molar-refractivity contribution in [3.05, 3.63) is 33.8 Å². The molecule has 0 aliphatic heterocycles. The molecule has 0 heterocycles. The SMILES string of the molecule is NC1CC(OCc2ccc(Cl)c(Cl)c2)C1. The molecule has 15 heavy (non-hydrogen) atoms. The first kappa shape index (κ1) is 11.2. The summed E-state index contributed by atoms with van der Waals surface area (Å²) in [5.74, 6) is 0. The van der Waals surface area contributed by atoms with Gasteiger partial charge >= 0.3 is 0 Å². The molecule has 0 amide bonds. The summed E-state index contributed by atoms with van der Waals surface area (Å²) in [7, 11) is 0. The molecule has 1 fully saturated rings. The minimum Gasteiger partial charge on any atom is -0.373 e. The predicted molar refractivity (Wildman–Crippen MR) is 62.2 cm³/mol. The Hall–Kier alpha value is -0.280. The summed E-state index contributed by atoms with van der Waals surface area (Å²) in [6, 6.07) is 5.87. The highest BCUT2D eigenvalue weighted by molar-refractivity contribution is 6.41. The van der Waals surface area contributed by atoms with Gasteiger partial charge in [-0.2, -0.15) is 0 Å². The Labute approximate surface area is 99.3 Å². The summed E-state index contributed by atoms with van der Waals surface area (Å²) in [6.07, 6.45) is 2.23. The number of benzene rings is 1. The second kappa shape index (κ2) is 4.71. The number of hydrogen-bond donors (Lipinski definition) is 1. The highest BCUT2D eigenvalue weighted by atomic mass is 35.5. The van der Waals surface area contributed by atoms with E-state index in [0.717, 1.165) is 18.4 Å². The molecule has 0 spiro atoms. The van der Waals surface area contributed by atoms with Crippen LogP contribution in [0.15, 0.2) is 18.2 Å². The molecule has 0 atom stereocenters. The smallest absolute Gasteiger partial charge is 0.0721 e. The summed E-state index contributed by atoms with van der Waals surface area (Å²) in [5.41, 5.74) is 6.71. The minimum atomic E-state index is 0.314. The largest absolute Gasteiger partial charge is 0.373 e. The van der Waals surface area contributed by atoms with E-state index < -0.39 is 0 Å². The van der Waals surface area contributed by atoms with E-state index in [1.165, 1.54) is 0 Å². The summed E-state index contributed by atoms with van der Waals surface area (Å²) in [5, 5.41) is 1.15. The third-order valence-corrected chi connectivity index (χ3v) is 3.34. The number of ether oxygens (including phenoxy) is 1. The van der Waals surface area contributed by atoms with E-state index in [0.29, 0.717) is 28.8 Å². The quantitative estimate of drug-likeness (QED) is 0.889. The lowest BCUT2D eigenvalue weighted by Gasteiger charge is -2.32. The Kier molecular flexibility index (Phi) is 3.52. The van der Waals surface area contributed by atoms with E-state index in [9.17, 15) is 0 Å². The Morgan fingerprint density at radius 2 is 2.00 bits per heavy atom. The van der Waals surface area contributed by atoms with Crippen molar-refractivity contribution in [1.29, 1.82) is 0 Å². The number of nitrogens with two attached hydrogens (primary N) is 1. The van der Waals surface area contributed by atoms with Gasteiger partial charge in [0, 0.05) is 6.04 Å². The summed E-state index contributed by atoms with van der Waals surface area (Å²) in [6.45, 7) is 0.578. The van der Waals surface area contributed by atoms with E-state index in [1.54, 1.807) is 6.07 Å². The molecule has 0 aromatic heterocycles. The maximum absolute atomic E-state index is 5.89. The van der Waals surface area contributed by atoms with Gasteiger partial charge in [-0.1, -0.05) is 29.3 Å². The first-order valence-electron chi connectivity index (χ1n) is 4.96. The average molecular weight is 246 g/mol. The molecular formula is C11H13Cl2NO. The van der Waals surface area contributed by atoms with Crippen molar-refractivity contribution in [3.63, 3.8) is 0 Å². The van der Waals surface area contributed by atoms with Crippen LogP contribution in [0.4, 0.5) is 0 Å². The fourth-order valence-corrected chi connectivity index (χ4v) is 1.91. The lowest BCUT2D eigenvalue weighted by molar-refractivity contribution is -0.0188. The van der Waals surface area contributed by atoms with Gasteiger partial charge < -0.3 is 10.5 Å². The Bertz CT molecular complexity index is 350. The Morgan fingerprint density at radius 1 is 1.27 bits per heavy atom. The molecule has 0 saturated heterocycles. The zero-order valence-corrected chi connectivity index (χ0v) is 9.76. The summed E-state index contributed by atoms with van der Waals surface area (Å²) in [4.78, 5) is 0. The summed E-state index contributed by atoms with van der Waals surface area (Å²) < 4.78 is 5.65. The number of rotatable bonds is 3. The van der Waals surface area contributed by atoms with Gasteiger partial charge in [-0.15, -0.1) is 0 Å². The van der Waals surface area contributed by atoms with Crippen LogP contribution in [0.5, 0.6) is 0 Å². The second-order valence-corrected chi connectivity index (χ2v) is 4.73. The van der Waals surface area contributed by atoms with Crippen LogP contribution in [0, 0.1) is 0 Å². The van der Waals surface area contributed by atoms with Crippen molar-refractivity contribution in [2.24, 2.45) is 5.73 Å². The van der Waals surface area contributed by atoms with Crippen LogP contribution in [0.3, 0.4) is 0 Å². The van der Waals surface area contributed by atoms with Crippen LogP contribution in [0.1, 0.15) is 18.4 Å². The van der Waals surface area contributed by atoms with Gasteiger partial charge in [0.1, 0.15) is 0 Å². The average Bonchev–Trinajstić information content (AvgIpc) is 2.16. The predicted octanol–water partition coefficient (Wildman–Crippen LogP) is 3.00. The van der Waals surface area contributed by atoms with Crippen LogP contribution >= 0.6 is 23.2 Å². The van der Waals surface area contributed by atoms with Gasteiger partial charge in [0.05, 0.1) is 22.8 Å². The first-order valence-corrected chi connectivity index (χ1v) is 5.72. The molecule has 0 bridgehead atoms. The van der Waals surface area contributed by atoms with Crippen LogP contribution in [0.25, 0.3) is 0 Å². The van der Waals surface area contributed by atoms with Crippen molar-refractivity contribution in [2.45, 2.75) is 31.6 Å². The fraction of sp³-hybridized carbons (Fsp3) is 0.455. The molecule has 2 nitrogen and oxygen atoms in total. The molecule has 2 N–H and O–H groups in total. The Balaban J connectivity index is 1.86. The third kappa shape index (κ3) is 2.85. The van der Waals surface area contributed by atoms with Crippen molar-refractivity contribution in [2.75, 3.05) is 0 Å². The maximum Gasteiger partial charge on any atom is 0.0721 e. The van der Waals surface area contributed by atoms with Crippen LogP contribution in [-0.4, -0.2) is 12.1 Å². The van der Waals surface area contributed by atoms with Crippen LogP contribution < -0.4 is 5.73 Å². The second-order valence-electron chi connectivity index (χ2n) is 3.91. The van der Waals surface area contributed by atoms with Gasteiger partial charge in [-0.05, 0) is 30.5 Å². The van der Waals surface area contributed by atoms with E-state index in [1.807, 2.05) is 12.1 Å². The van der Waals surface area contributed by atoms with Crippen LogP contribution in [0.2, 0.25) is 10.0 Å². The molecule has 82 valence electrons. The molecule has 1 saturated carbocycles. The van der Waals surface area contributed by atoms with E-state index >= 15 is 0 Å².